The van der Waals surface area contributed by atoms with E-state index in [9.17, 15) is 14.3 Å². The average molecular weight is 321 g/mol. The fourth-order valence-electron chi connectivity index (χ4n) is 3.69. The lowest BCUT2D eigenvalue weighted by molar-refractivity contribution is 0.0194. The largest absolute Gasteiger partial charge is 0.496 e. The first-order valence-corrected chi connectivity index (χ1v) is 8.30. The first kappa shape index (κ1) is 16.2. The van der Waals surface area contributed by atoms with Gasteiger partial charge in [-0.15, -0.1) is 0 Å². The molecule has 126 valence electrons. The summed E-state index contributed by atoms with van der Waals surface area (Å²) >= 11 is 0. The summed E-state index contributed by atoms with van der Waals surface area (Å²) < 4.78 is 18.7. The van der Waals surface area contributed by atoms with Gasteiger partial charge in [0.15, 0.2) is 0 Å². The third-order valence-electron chi connectivity index (χ3n) is 5.09. The Balaban J connectivity index is 1.80. The van der Waals surface area contributed by atoms with Crippen molar-refractivity contribution in [1.82, 2.24) is 4.90 Å². The molecule has 1 saturated carbocycles. The molecule has 3 rings (SSSR count). The number of hydrogen-bond acceptors (Lipinski definition) is 3. The first-order chi connectivity index (χ1) is 11.1. The molecular formula is C18H24FNO3. The molecule has 1 heterocycles. The van der Waals surface area contributed by atoms with E-state index in [4.69, 9.17) is 4.74 Å². The molecule has 0 bridgehead atoms. The molecule has 2 fully saturated rings. The van der Waals surface area contributed by atoms with Gasteiger partial charge in [0.1, 0.15) is 11.6 Å². The minimum Gasteiger partial charge on any atom is -0.496 e. The summed E-state index contributed by atoms with van der Waals surface area (Å²) in [6, 6.07) is 4.00. The summed E-state index contributed by atoms with van der Waals surface area (Å²) in [7, 11) is 1.48. The van der Waals surface area contributed by atoms with E-state index in [0.717, 1.165) is 19.3 Å². The van der Waals surface area contributed by atoms with Crippen LogP contribution in [-0.4, -0.2) is 42.7 Å². The van der Waals surface area contributed by atoms with Crippen LogP contribution in [0.2, 0.25) is 0 Å². The Bertz CT molecular complexity index is 588. The van der Waals surface area contributed by atoms with Gasteiger partial charge in [-0.1, -0.05) is 12.8 Å². The van der Waals surface area contributed by atoms with Crippen molar-refractivity contribution in [3.05, 3.63) is 29.6 Å². The van der Waals surface area contributed by atoms with Crippen molar-refractivity contribution in [3.63, 3.8) is 0 Å². The number of carbonyl (C=O) groups is 1. The summed E-state index contributed by atoms with van der Waals surface area (Å²) in [4.78, 5) is 14.6. The van der Waals surface area contributed by atoms with Gasteiger partial charge in [0.05, 0.1) is 19.3 Å². The van der Waals surface area contributed by atoms with Crippen LogP contribution in [0.4, 0.5) is 4.39 Å². The molecule has 2 aliphatic rings. The topological polar surface area (TPSA) is 49.8 Å². The van der Waals surface area contributed by atoms with E-state index in [0.29, 0.717) is 24.8 Å². The molecule has 1 N–H and O–H groups in total. The normalized spacial score (nSPS) is 24.6. The van der Waals surface area contributed by atoms with Crippen LogP contribution in [0.3, 0.4) is 0 Å². The zero-order chi connectivity index (χ0) is 16.4. The lowest BCUT2D eigenvalue weighted by Crippen LogP contribution is -2.48. The van der Waals surface area contributed by atoms with E-state index >= 15 is 0 Å². The highest BCUT2D eigenvalue weighted by Crippen LogP contribution is 2.44. The molecule has 0 radical (unpaired) electrons. The van der Waals surface area contributed by atoms with Crippen molar-refractivity contribution in [2.24, 2.45) is 11.3 Å². The number of methoxy groups -OCH3 is 1. The van der Waals surface area contributed by atoms with Gasteiger partial charge in [0.25, 0.3) is 5.91 Å². The molecule has 1 aromatic rings. The first-order valence-electron chi connectivity index (χ1n) is 8.30. The maximum Gasteiger partial charge on any atom is 0.257 e. The molecule has 1 amide bonds. The number of amides is 1. The number of hydrogen-bond donors (Lipinski definition) is 1. The van der Waals surface area contributed by atoms with Crippen molar-refractivity contribution >= 4 is 5.91 Å². The van der Waals surface area contributed by atoms with Gasteiger partial charge in [0.2, 0.25) is 0 Å². The van der Waals surface area contributed by atoms with Crippen LogP contribution < -0.4 is 4.74 Å². The van der Waals surface area contributed by atoms with Crippen LogP contribution in [-0.2, 0) is 0 Å². The van der Waals surface area contributed by atoms with Crippen LogP contribution in [0.1, 0.15) is 42.5 Å². The molecule has 1 aliphatic carbocycles. The zero-order valence-electron chi connectivity index (χ0n) is 13.6. The van der Waals surface area contributed by atoms with E-state index in [1.807, 2.05) is 0 Å². The number of aliphatic hydroxyl groups is 1. The summed E-state index contributed by atoms with van der Waals surface area (Å²) in [6.45, 7) is 1.29. The van der Waals surface area contributed by atoms with Crippen LogP contribution in [0, 0.1) is 17.2 Å². The molecule has 4 nitrogen and oxygen atoms in total. The number of carbonyl (C=O) groups excluding carboxylic acids is 1. The average Bonchev–Trinajstić information content (AvgIpc) is 3.38. The van der Waals surface area contributed by atoms with Gasteiger partial charge in [-0.25, -0.2) is 4.39 Å². The Kier molecular flexibility index (Phi) is 4.57. The molecule has 1 atom stereocenters. The SMILES string of the molecule is COc1ccc(F)cc1C(=O)N1CCC[C@@](CO)(CC2CC2)C1. The van der Waals surface area contributed by atoms with Crippen molar-refractivity contribution < 1.29 is 19.0 Å². The van der Waals surface area contributed by atoms with E-state index in [-0.39, 0.29) is 23.5 Å². The molecule has 23 heavy (non-hydrogen) atoms. The summed E-state index contributed by atoms with van der Waals surface area (Å²) in [6.07, 6.45) is 5.26. The third-order valence-corrected chi connectivity index (χ3v) is 5.09. The smallest absolute Gasteiger partial charge is 0.257 e. The Morgan fingerprint density at radius 3 is 2.91 bits per heavy atom. The van der Waals surface area contributed by atoms with Crippen LogP contribution in [0.25, 0.3) is 0 Å². The fraction of sp³-hybridized carbons (Fsp3) is 0.611. The second-order valence-corrected chi connectivity index (χ2v) is 6.98. The predicted octanol–water partition coefficient (Wildman–Crippen LogP) is 2.85. The number of piperidine rings is 1. The highest BCUT2D eigenvalue weighted by atomic mass is 19.1. The highest BCUT2D eigenvalue weighted by molar-refractivity contribution is 5.97. The molecule has 1 aliphatic heterocycles. The van der Waals surface area contributed by atoms with E-state index in [2.05, 4.69) is 0 Å². The lowest BCUT2D eigenvalue weighted by Gasteiger charge is -2.42. The van der Waals surface area contributed by atoms with Gasteiger partial charge in [-0.2, -0.15) is 0 Å². The molecule has 5 heteroatoms. The number of nitrogens with zero attached hydrogens (tertiary/aromatic N) is 1. The van der Waals surface area contributed by atoms with Gasteiger partial charge in [-0.3, -0.25) is 4.79 Å². The second-order valence-electron chi connectivity index (χ2n) is 6.98. The Morgan fingerprint density at radius 1 is 1.48 bits per heavy atom. The van der Waals surface area contributed by atoms with Crippen LogP contribution in [0.15, 0.2) is 18.2 Å². The predicted molar refractivity (Wildman–Crippen MR) is 84.9 cm³/mol. The Hall–Kier alpha value is -1.62. The number of aliphatic hydroxyl groups excluding tert-OH is 1. The van der Waals surface area contributed by atoms with Gasteiger partial charge >= 0.3 is 0 Å². The number of benzene rings is 1. The maximum atomic E-state index is 13.5. The third kappa shape index (κ3) is 3.50. The fourth-order valence-corrected chi connectivity index (χ4v) is 3.69. The van der Waals surface area contributed by atoms with Gasteiger partial charge in [-0.05, 0) is 43.4 Å². The molecule has 1 saturated heterocycles. The van der Waals surface area contributed by atoms with Crippen molar-refractivity contribution in [2.75, 3.05) is 26.8 Å². The minimum atomic E-state index is -0.447. The van der Waals surface area contributed by atoms with Crippen molar-refractivity contribution in [2.45, 2.75) is 32.1 Å². The van der Waals surface area contributed by atoms with E-state index < -0.39 is 5.82 Å². The van der Waals surface area contributed by atoms with E-state index in [1.165, 1.54) is 38.2 Å². The summed E-state index contributed by atoms with van der Waals surface area (Å²) in [5.74, 6) is 0.423. The monoisotopic (exact) mass is 321 g/mol. The number of ether oxygens (including phenoxy) is 1. The maximum absolute atomic E-state index is 13.5. The standard InChI is InChI=1S/C18H24FNO3/c1-23-16-6-5-14(19)9-15(16)17(22)20-8-2-7-18(11-20,12-21)10-13-3-4-13/h5-6,9,13,21H,2-4,7-8,10-12H2,1H3/t18-/m1/s1. The summed E-state index contributed by atoms with van der Waals surface area (Å²) in [5.41, 5.74) is 0.0583. The second kappa shape index (κ2) is 6.48. The number of likely N-dealkylation sites (tertiary alicyclic amines) is 1. The van der Waals surface area contributed by atoms with Gasteiger partial charge < -0.3 is 14.7 Å². The van der Waals surface area contributed by atoms with Crippen molar-refractivity contribution in [1.29, 1.82) is 0 Å². The molecular weight excluding hydrogens is 297 g/mol. The molecule has 0 aromatic heterocycles. The molecule has 0 spiro atoms. The Labute approximate surface area is 136 Å². The van der Waals surface area contributed by atoms with Crippen LogP contribution >= 0.6 is 0 Å². The van der Waals surface area contributed by atoms with Crippen molar-refractivity contribution in [3.8, 4) is 5.75 Å². The highest BCUT2D eigenvalue weighted by Gasteiger charge is 2.41. The number of halogens is 1. The number of rotatable bonds is 5. The quantitative estimate of drug-likeness (QED) is 0.907. The molecule has 0 unspecified atom stereocenters. The van der Waals surface area contributed by atoms with Crippen LogP contribution in [0.5, 0.6) is 5.75 Å². The lowest BCUT2D eigenvalue weighted by atomic mass is 9.76. The minimum absolute atomic E-state index is 0.105. The Morgan fingerprint density at radius 2 is 2.26 bits per heavy atom. The van der Waals surface area contributed by atoms with Gasteiger partial charge in [0, 0.05) is 18.5 Å². The zero-order valence-corrected chi connectivity index (χ0v) is 13.6. The van der Waals surface area contributed by atoms with E-state index in [1.54, 1.807) is 4.90 Å². The molecule has 1 aromatic carbocycles. The summed E-state index contributed by atoms with van der Waals surface area (Å²) in [5, 5.41) is 9.91.